The quantitative estimate of drug-likeness (QED) is 0.189. The van der Waals surface area contributed by atoms with Crippen LogP contribution in [-0.4, -0.2) is 4.57 Å². The maximum absolute atomic E-state index is 2.40. The summed E-state index contributed by atoms with van der Waals surface area (Å²) in [5.41, 5.74) is 16.3. The van der Waals surface area contributed by atoms with Crippen molar-refractivity contribution in [3.8, 4) is 27.9 Å². The molecule has 0 unspecified atom stereocenters. The molecule has 0 spiro atoms. The van der Waals surface area contributed by atoms with E-state index in [-0.39, 0.29) is 0 Å². The largest absolute Gasteiger partial charge is 0.310 e. The highest BCUT2D eigenvalue weighted by Gasteiger charge is 2.25. The van der Waals surface area contributed by atoms with E-state index in [1.54, 1.807) is 0 Å². The highest BCUT2D eigenvalue weighted by molar-refractivity contribution is 6.13. The van der Waals surface area contributed by atoms with Crippen LogP contribution in [0.3, 0.4) is 0 Å². The summed E-state index contributed by atoms with van der Waals surface area (Å²) in [7, 11) is 0. The predicted octanol–water partition coefficient (Wildman–Crippen LogP) is 13.1. The summed E-state index contributed by atoms with van der Waals surface area (Å²) >= 11 is 0. The SMILES string of the molecule is Cc1ccc(N(c2ccc3cc4c(cc3c2)-c2cc3cc(-n5c6ccccc6c6ccccc65)ccc3cc2-4)c2ccc(C)cc2C)cc1. The first-order valence-electron chi connectivity index (χ1n) is 17.1. The Bertz CT molecular complexity index is 2750. The molecule has 2 nitrogen and oxygen atoms in total. The first kappa shape index (κ1) is 27.9. The van der Waals surface area contributed by atoms with Crippen molar-refractivity contribution in [1.82, 2.24) is 4.57 Å². The number of fused-ring (bicyclic) bond motifs is 9. The van der Waals surface area contributed by atoms with Gasteiger partial charge in [-0.25, -0.2) is 0 Å². The highest BCUT2D eigenvalue weighted by Crippen LogP contribution is 2.51. The molecule has 0 fully saturated rings. The lowest BCUT2D eigenvalue weighted by Gasteiger charge is -2.29. The number of hydrogen-bond donors (Lipinski definition) is 0. The maximum Gasteiger partial charge on any atom is 0.0541 e. The Morgan fingerprint density at radius 1 is 0.408 bits per heavy atom. The number of aryl methyl sites for hydroxylation is 3. The van der Waals surface area contributed by atoms with E-state index in [1.165, 1.54) is 93.7 Å². The lowest BCUT2D eigenvalue weighted by molar-refractivity contribution is 1.19. The molecule has 2 heteroatoms. The van der Waals surface area contributed by atoms with Gasteiger partial charge in [0, 0.05) is 33.5 Å². The number of para-hydroxylation sites is 2. The molecule has 10 rings (SSSR count). The molecule has 49 heavy (non-hydrogen) atoms. The fourth-order valence-corrected chi connectivity index (χ4v) is 8.06. The Morgan fingerprint density at radius 3 is 1.57 bits per heavy atom. The summed E-state index contributed by atoms with van der Waals surface area (Å²) in [5, 5.41) is 7.62. The van der Waals surface area contributed by atoms with E-state index in [0.717, 1.165) is 11.4 Å². The third-order valence-electron chi connectivity index (χ3n) is 10.5. The Kier molecular flexibility index (Phi) is 5.95. The van der Waals surface area contributed by atoms with Crippen molar-refractivity contribution in [3.63, 3.8) is 0 Å². The lowest BCUT2D eigenvalue weighted by atomic mass is 9.78. The first-order valence-corrected chi connectivity index (χ1v) is 17.1. The molecule has 0 N–H and O–H groups in total. The molecule has 1 heterocycles. The number of rotatable bonds is 4. The highest BCUT2D eigenvalue weighted by atomic mass is 15.1. The van der Waals surface area contributed by atoms with Crippen molar-refractivity contribution in [2.75, 3.05) is 4.90 Å². The van der Waals surface area contributed by atoms with Gasteiger partial charge in [0.25, 0.3) is 0 Å². The minimum Gasteiger partial charge on any atom is -0.310 e. The van der Waals surface area contributed by atoms with Crippen LogP contribution in [0.25, 0.3) is 71.3 Å². The Morgan fingerprint density at radius 2 is 0.939 bits per heavy atom. The van der Waals surface area contributed by atoms with Crippen LogP contribution in [0, 0.1) is 20.8 Å². The van der Waals surface area contributed by atoms with E-state index in [2.05, 4.69) is 182 Å². The molecule has 1 aliphatic carbocycles. The monoisotopic (exact) mass is 626 g/mol. The predicted molar refractivity (Wildman–Crippen MR) is 209 cm³/mol. The van der Waals surface area contributed by atoms with Gasteiger partial charge in [0.15, 0.2) is 0 Å². The molecular weight excluding hydrogens is 593 g/mol. The van der Waals surface area contributed by atoms with Crippen LogP contribution in [0.4, 0.5) is 17.1 Å². The number of aromatic nitrogens is 1. The normalized spacial score (nSPS) is 12.0. The van der Waals surface area contributed by atoms with Gasteiger partial charge in [-0.3, -0.25) is 0 Å². The minimum absolute atomic E-state index is 1.16. The van der Waals surface area contributed by atoms with E-state index in [4.69, 9.17) is 0 Å². The van der Waals surface area contributed by atoms with Crippen molar-refractivity contribution < 1.29 is 0 Å². The van der Waals surface area contributed by atoms with Crippen LogP contribution in [0.1, 0.15) is 16.7 Å². The number of nitrogens with zero attached hydrogens (tertiary/aromatic N) is 2. The van der Waals surface area contributed by atoms with E-state index in [1.807, 2.05) is 0 Å². The molecule has 0 aliphatic heterocycles. The van der Waals surface area contributed by atoms with E-state index in [0.29, 0.717) is 0 Å². The standard InChI is InChI=1S/C47H34N2/c1-29-12-17-36(18-13-29)48(45-21-14-30(2)22-31(45)3)37-19-15-32-25-41-42-26-33-16-20-38(24-35(33)28-44(42)43(41)27-34(32)23-37)49-46-10-6-4-8-39(46)40-9-5-7-11-47(40)49/h4-28H,1-3H3. The molecule has 1 aliphatic rings. The number of hydrogen-bond acceptors (Lipinski definition) is 1. The molecule has 0 saturated carbocycles. The fraction of sp³-hybridized carbons (Fsp3) is 0.0638. The average Bonchev–Trinajstić information content (AvgIpc) is 3.46. The van der Waals surface area contributed by atoms with Crippen molar-refractivity contribution in [3.05, 3.63) is 168 Å². The molecule has 0 bridgehead atoms. The zero-order valence-electron chi connectivity index (χ0n) is 27.8. The van der Waals surface area contributed by atoms with Crippen molar-refractivity contribution in [2.45, 2.75) is 20.8 Å². The van der Waals surface area contributed by atoms with Crippen LogP contribution in [0.2, 0.25) is 0 Å². The van der Waals surface area contributed by atoms with Gasteiger partial charge in [0.2, 0.25) is 0 Å². The van der Waals surface area contributed by atoms with Gasteiger partial charge in [-0.1, -0.05) is 83.9 Å². The van der Waals surface area contributed by atoms with Crippen molar-refractivity contribution >= 4 is 60.4 Å². The molecular formula is C47H34N2. The summed E-state index contributed by atoms with van der Waals surface area (Å²) < 4.78 is 2.40. The second kappa shape index (κ2) is 10.4. The van der Waals surface area contributed by atoms with E-state index in [9.17, 15) is 0 Å². The second-order valence-corrected chi connectivity index (χ2v) is 13.7. The summed E-state index contributed by atoms with van der Waals surface area (Å²) in [4.78, 5) is 2.39. The van der Waals surface area contributed by atoms with Crippen LogP contribution < -0.4 is 4.90 Å². The third-order valence-corrected chi connectivity index (χ3v) is 10.5. The van der Waals surface area contributed by atoms with Crippen LogP contribution in [-0.2, 0) is 0 Å². The van der Waals surface area contributed by atoms with E-state index < -0.39 is 0 Å². The Hall–Kier alpha value is -6.12. The van der Waals surface area contributed by atoms with Gasteiger partial charge in [-0.2, -0.15) is 0 Å². The summed E-state index contributed by atoms with van der Waals surface area (Å²) in [6.07, 6.45) is 0. The second-order valence-electron chi connectivity index (χ2n) is 13.7. The summed E-state index contributed by atoms with van der Waals surface area (Å²) in [6, 6.07) is 56.4. The van der Waals surface area contributed by atoms with Gasteiger partial charge < -0.3 is 9.47 Å². The average molecular weight is 627 g/mol. The zero-order chi connectivity index (χ0) is 32.8. The van der Waals surface area contributed by atoms with Crippen molar-refractivity contribution in [2.24, 2.45) is 0 Å². The van der Waals surface area contributed by atoms with Crippen LogP contribution in [0.15, 0.2) is 152 Å². The van der Waals surface area contributed by atoms with Gasteiger partial charge in [-0.15, -0.1) is 0 Å². The van der Waals surface area contributed by atoms with Gasteiger partial charge in [0.1, 0.15) is 0 Å². The molecule has 8 aromatic carbocycles. The Balaban J connectivity index is 1.09. The minimum atomic E-state index is 1.16. The smallest absolute Gasteiger partial charge is 0.0541 e. The van der Waals surface area contributed by atoms with Crippen molar-refractivity contribution in [1.29, 1.82) is 0 Å². The molecule has 0 atom stereocenters. The summed E-state index contributed by atoms with van der Waals surface area (Å²) in [6.45, 7) is 6.51. The molecule has 0 saturated heterocycles. The Labute approximate surface area is 286 Å². The maximum atomic E-state index is 2.40. The van der Waals surface area contributed by atoms with Gasteiger partial charge in [-0.05, 0) is 149 Å². The van der Waals surface area contributed by atoms with Crippen LogP contribution >= 0.6 is 0 Å². The lowest BCUT2D eigenvalue weighted by Crippen LogP contribution is -2.11. The first-order chi connectivity index (χ1) is 24.0. The molecule has 9 aromatic rings. The molecule has 232 valence electrons. The molecule has 0 radical (unpaired) electrons. The van der Waals surface area contributed by atoms with Crippen LogP contribution in [0.5, 0.6) is 0 Å². The topological polar surface area (TPSA) is 8.17 Å². The fourth-order valence-electron chi connectivity index (χ4n) is 8.06. The zero-order valence-corrected chi connectivity index (χ0v) is 27.8. The summed E-state index contributed by atoms with van der Waals surface area (Å²) in [5.74, 6) is 0. The molecule has 0 amide bonds. The third kappa shape index (κ3) is 4.27. The van der Waals surface area contributed by atoms with Gasteiger partial charge >= 0.3 is 0 Å². The number of benzene rings is 8. The van der Waals surface area contributed by atoms with E-state index >= 15 is 0 Å². The molecule has 1 aromatic heterocycles. The van der Waals surface area contributed by atoms with Gasteiger partial charge in [0.05, 0.1) is 11.0 Å². The number of anilines is 3.